The van der Waals surface area contributed by atoms with Gasteiger partial charge in [-0.05, 0) is 13.8 Å². The molecule has 70 valence electrons. The third-order valence-electron chi connectivity index (χ3n) is 0.780. The third-order valence-corrected chi connectivity index (χ3v) is 0.780. The molecule has 0 radical (unpaired) electrons. The molecule has 0 spiro atoms. The van der Waals surface area contributed by atoms with E-state index in [4.69, 9.17) is 5.11 Å². The first-order valence-corrected chi connectivity index (χ1v) is 3.42. The second-order valence-electron chi connectivity index (χ2n) is 2.41. The van der Waals surface area contributed by atoms with Crippen LogP contribution in [0.2, 0.25) is 0 Å². The molecule has 0 heterocycles. The van der Waals surface area contributed by atoms with Crippen molar-refractivity contribution in [2.45, 2.75) is 19.9 Å². The summed E-state index contributed by atoms with van der Waals surface area (Å²) in [5.41, 5.74) is 1.91. The van der Waals surface area contributed by atoms with Crippen molar-refractivity contribution in [2.75, 3.05) is 6.61 Å². The van der Waals surface area contributed by atoms with Gasteiger partial charge in [-0.1, -0.05) is 0 Å². The van der Waals surface area contributed by atoms with Crippen LogP contribution in [-0.2, 0) is 9.63 Å². The zero-order valence-electron chi connectivity index (χ0n) is 6.96. The number of carbonyl (C=O) groups is 2. The van der Waals surface area contributed by atoms with Gasteiger partial charge in [0.1, 0.15) is 0 Å². The van der Waals surface area contributed by atoms with Crippen molar-refractivity contribution in [2.24, 2.45) is 0 Å². The van der Waals surface area contributed by atoms with Crippen LogP contribution >= 0.6 is 0 Å². The molecule has 0 unspecified atom stereocenters. The van der Waals surface area contributed by atoms with E-state index in [1.165, 1.54) is 0 Å². The molecule has 6 heteroatoms. The zero-order valence-corrected chi connectivity index (χ0v) is 6.96. The number of nitrogens with one attached hydrogen (secondary N) is 2. The van der Waals surface area contributed by atoms with Crippen LogP contribution in [0.5, 0.6) is 0 Å². The number of carbonyl (C=O) groups excluding carboxylic acids is 1. The number of carboxylic acid groups (broad SMARTS) is 1. The van der Waals surface area contributed by atoms with E-state index in [-0.39, 0.29) is 6.04 Å². The van der Waals surface area contributed by atoms with Gasteiger partial charge in [0.2, 0.25) is 0 Å². The van der Waals surface area contributed by atoms with Crippen LogP contribution in [-0.4, -0.2) is 29.8 Å². The summed E-state index contributed by atoms with van der Waals surface area (Å²) in [7, 11) is 0. The van der Waals surface area contributed by atoms with Crippen LogP contribution < -0.4 is 10.8 Å². The van der Waals surface area contributed by atoms with Crippen LogP contribution in [0.1, 0.15) is 13.8 Å². The molecule has 0 fully saturated rings. The van der Waals surface area contributed by atoms with Crippen LogP contribution in [0.4, 0.5) is 4.79 Å². The Morgan fingerprint density at radius 1 is 1.50 bits per heavy atom. The minimum absolute atomic E-state index is 0.0153. The molecular formula is C6H12N2O4. The Morgan fingerprint density at radius 3 is 2.50 bits per heavy atom. The van der Waals surface area contributed by atoms with Crippen molar-refractivity contribution in [1.29, 1.82) is 0 Å². The molecule has 3 N–H and O–H groups in total. The Bertz CT molecular complexity index is 169. The summed E-state index contributed by atoms with van der Waals surface area (Å²) in [4.78, 5) is 24.9. The molecule has 0 saturated heterocycles. The fourth-order valence-electron chi connectivity index (χ4n) is 0.455. The largest absolute Gasteiger partial charge is 0.479 e. The van der Waals surface area contributed by atoms with Gasteiger partial charge >= 0.3 is 12.0 Å². The quantitative estimate of drug-likeness (QED) is 0.513. The number of aliphatic carboxylic acids is 1. The minimum atomic E-state index is -1.14. The molecule has 0 aliphatic rings. The van der Waals surface area contributed by atoms with E-state index in [0.29, 0.717) is 0 Å². The number of hydrogen-bond donors (Lipinski definition) is 3. The van der Waals surface area contributed by atoms with Gasteiger partial charge in [-0.25, -0.2) is 15.1 Å². The maximum Gasteiger partial charge on any atom is 0.338 e. The molecule has 0 bridgehead atoms. The van der Waals surface area contributed by atoms with Gasteiger partial charge in [0.05, 0.1) is 0 Å². The first kappa shape index (κ1) is 10.7. The molecule has 0 aliphatic heterocycles. The van der Waals surface area contributed by atoms with Crippen LogP contribution in [0, 0.1) is 0 Å². The molecule has 0 atom stereocenters. The molecule has 0 rings (SSSR count). The summed E-state index contributed by atoms with van der Waals surface area (Å²) in [5, 5.41) is 10.6. The Labute approximate surface area is 69.8 Å². The smallest absolute Gasteiger partial charge is 0.338 e. The predicted octanol–water partition coefficient (Wildman–Crippen LogP) is -0.290. The van der Waals surface area contributed by atoms with Crippen molar-refractivity contribution in [3.8, 4) is 0 Å². The maximum atomic E-state index is 10.7. The van der Waals surface area contributed by atoms with E-state index < -0.39 is 18.6 Å². The van der Waals surface area contributed by atoms with Gasteiger partial charge in [0.15, 0.2) is 6.61 Å². The molecule has 12 heavy (non-hydrogen) atoms. The van der Waals surface area contributed by atoms with E-state index in [1.807, 2.05) is 5.48 Å². The summed E-state index contributed by atoms with van der Waals surface area (Å²) < 4.78 is 0. The van der Waals surface area contributed by atoms with E-state index in [2.05, 4.69) is 10.2 Å². The molecule has 0 aliphatic carbocycles. The van der Waals surface area contributed by atoms with E-state index in [9.17, 15) is 9.59 Å². The SMILES string of the molecule is CC(C)NC(=O)NOCC(=O)O. The topological polar surface area (TPSA) is 87.7 Å². The average Bonchev–Trinajstić information content (AvgIpc) is 1.84. The van der Waals surface area contributed by atoms with E-state index in [1.54, 1.807) is 13.8 Å². The van der Waals surface area contributed by atoms with Crippen molar-refractivity contribution in [3.63, 3.8) is 0 Å². The van der Waals surface area contributed by atoms with Crippen molar-refractivity contribution in [1.82, 2.24) is 10.8 Å². The lowest BCUT2D eigenvalue weighted by atomic mass is 10.4. The van der Waals surface area contributed by atoms with E-state index in [0.717, 1.165) is 0 Å². The monoisotopic (exact) mass is 176 g/mol. The number of carboxylic acids is 1. The lowest BCUT2D eigenvalue weighted by molar-refractivity contribution is -0.144. The zero-order chi connectivity index (χ0) is 9.56. The summed E-state index contributed by atoms with van der Waals surface area (Å²) in [6.45, 7) is 3.00. The molecule has 0 aromatic heterocycles. The second-order valence-corrected chi connectivity index (χ2v) is 2.41. The highest BCUT2D eigenvalue weighted by molar-refractivity contribution is 5.73. The van der Waals surface area contributed by atoms with Gasteiger partial charge in [-0.15, -0.1) is 0 Å². The lowest BCUT2D eigenvalue weighted by Gasteiger charge is -2.08. The molecule has 2 amide bonds. The van der Waals surface area contributed by atoms with Gasteiger partial charge in [-0.3, -0.25) is 4.84 Å². The average molecular weight is 176 g/mol. The van der Waals surface area contributed by atoms with Gasteiger partial charge < -0.3 is 10.4 Å². The van der Waals surface area contributed by atoms with Gasteiger partial charge in [0.25, 0.3) is 0 Å². The first-order chi connectivity index (χ1) is 5.52. The number of hydrogen-bond acceptors (Lipinski definition) is 3. The number of urea groups is 1. The standard InChI is InChI=1S/C6H12N2O4/c1-4(2)7-6(11)8-12-3-5(9)10/h4H,3H2,1-2H3,(H,9,10)(H2,7,8,11). The Hall–Kier alpha value is -1.30. The van der Waals surface area contributed by atoms with E-state index >= 15 is 0 Å². The molecule has 0 aromatic rings. The highest BCUT2D eigenvalue weighted by atomic mass is 16.7. The molecule has 6 nitrogen and oxygen atoms in total. The minimum Gasteiger partial charge on any atom is -0.479 e. The van der Waals surface area contributed by atoms with Crippen LogP contribution in [0.3, 0.4) is 0 Å². The molecular weight excluding hydrogens is 164 g/mol. The van der Waals surface area contributed by atoms with Crippen molar-refractivity contribution < 1.29 is 19.5 Å². The fourth-order valence-corrected chi connectivity index (χ4v) is 0.455. The van der Waals surface area contributed by atoms with Gasteiger partial charge in [0, 0.05) is 6.04 Å². The molecule has 0 aromatic carbocycles. The predicted molar refractivity (Wildman–Crippen MR) is 40.4 cm³/mol. The third kappa shape index (κ3) is 6.81. The number of amides is 2. The summed E-state index contributed by atoms with van der Waals surface area (Å²) >= 11 is 0. The highest BCUT2D eigenvalue weighted by Crippen LogP contribution is 1.76. The van der Waals surface area contributed by atoms with Crippen molar-refractivity contribution >= 4 is 12.0 Å². The maximum absolute atomic E-state index is 10.7. The van der Waals surface area contributed by atoms with Crippen LogP contribution in [0.25, 0.3) is 0 Å². The van der Waals surface area contributed by atoms with Crippen LogP contribution in [0.15, 0.2) is 0 Å². The summed E-state index contributed by atoms with van der Waals surface area (Å²) in [5.74, 6) is -1.14. The fraction of sp³-hybridized carbons (Fsp3) is 0.667. The normalized spacial score (nSPS) is 9.58. The summed E-state index contributed by atoms with van der Waals surface area (Å²) in [6.07, 6.45) is 0. The summed E-state index contributed by atoms with van der Waals surface area (Å²) in [6, 6.07) is -0.565. The number of hydroxylamine groups is 1. The Morgan fingerprint density at radius 2 is 2.08 bits per heavy atom. The highest BCUT2D eigenvalue weighted by Gasteiger charge is 2.02. The second kappa shape index (κ2) is 5.36. The molecule has 0 saturated carbocycles. The van der Waals surface area contributed by atoms with Crippen molar-refractivity contribution in [3.05, 3.63) is 0 Å². The lowest BCUT2D eigenvalue weighted by Crippen LogP contribution is -2.40. The number of rotatable bonds is 4. The Kier molecular flexibility index (Phi) is 4.78. The van der Waals surface area contributed by atoms with Gasteiger partial charge in [-0.2, -0.15) is 0 Å². The first-order valence-electron chi connectivity index (χ1n) is 3.42. The Balaban J connectivity index is 3.38.